The highest BCUT2D eigenvalue weighted by molar-refractivity contribution is 5.91. The van der Waals surface area contributed by atoms with Crippen molar-refractivity contribution in [1.82, 2.24) is 14.9 Å². The number of rotatable bonds is 3. The third-order valence-corrected chi connectivity index (χ3v) is 10.9. The molecule has 2 aliphatic heterocycles. The zero-order valence-electron chi connectivity index (χ0n) is 27.7. The number of benzene rings is 1. The van der Waals surface area contributed by atoms with Gasteiger partial charge in [-0.15, -0.1) is 0 Å². The van der Waals surface area contributed by atoms with E-state index in [-0.39, 0.29) is 42.6 Å². The summed E-state index contributed by atoms with van der Waals surface area (Å²) < 4.78 is 18.3. The number of carbonyl (C=O) groups excluding carboxylic acids is 3. The van der Waals surface area contributed by atoms with Crippen LogP contribution >= 0.6 is 0 Å². The summed E-state index contributed by atoms with van der Waals surface area (Å²) in [5, 5.41) is 0. The molecule has 0 radical (unpaired) electrons. The second-order valence-corrected chi connectivity index (χ2v) is 14.9. The fourth-order valence-electron chi connectivity index (χ4n) is 8.37. The molecule has 244 valence electrons. The highest BCUT2D eigenvalue weighted by Crippen LogP contribution is 2.58. The topological polar surface area (TPSA) is 108 Å². The van der Waals surface area contributed by atoms with E-state index in [1.54, 1.807) is 18.9 Å². The number of methoxy groups -OCH3 is 1. The molecule has 6 rings (SSSR count). The SMILES string of the molecule is CC[C@@H]1[C@@H]2CN(C(=O)[C@H](C(C)(C)C)CC(=O)O[C@@H]3CC4CC4[C@H]3CCCCCc3nc4ccc(OC)cc4nc3O2)[C@@H]1C(C)=O. The molecule has 2 saturated carbocycles. The van der Waals surface area contributed by atoms with Crippen LogP contribution in [-0.2, 0) is 25.5 Å². The zero-order chi connectivity index (χ0) is 32.0. The Morgan fingerprint density at radius 1 is 1.02 bits per heavy atom. The summed E-state index contributed by atoms with van der Waals surface area (Å²) in [6.07, 6.45) is 7.12. The minimum atomic E-state index is -0.640. The van der Waals surface area contributed by atoms with E-state index in [1.807, 2.05) is 45.9 Å². The quantitative estimate of drug-likeness (QED) is 0.388. The summed E-state index contributed by atoms with van der Waals surface area (Å²) in [5.41, 5.74) is 1.75. The van der Waals surface area contributed by atoms with Crippen molar-refractivity contribution in [3.63, 3.8) is 0 Å². The van der Waals surface area contributed by atoms with Gasteiger partial charge in [-0.25, -0.2) is 9.97 Å². The maximum Gasteiger partial charge on any atom is 0.306 e. The van der Waals surface area contributed by atoms with Crippen molar-refractivity contribution in [2.24, 2.45) is 35.0 Å². The lowest BCUT2D eigenvalue weighted by atomic mass is 9.77. The molecule has 2 aromatic rings. The van der Waals surface area contributed by atoms with Crippen molar-refractivity contribution in [3.8, 4) is 11.6 Å². The monoisotopic (exact) mass is 619 g/mol. The number of ketones is 1. The lowest BCUT2D eigenvalue weighted by Gasteiger charge is -2.35. The van der Waals surface area contributed by atoms with E-state index >= 15 is 0 Å². The Balaban J connectivity index is 1.38. The summed E-state index contributed by atoms with van der Waals surface area (Å²) in [4.78, 5) is 52.7. The van der Waals surface area contributed by atoms with E-state index in [1.165, 1.54) is 6.42 Å². The van der Waals surface area contributed by atoms with Gasteiger partial charge in [0.05, 0.1) is 43.1 Å². The highest BCUT2D eigenvalue weighted by Gasteiger charge is 2.55. The lowest BCUT2D eigenvalue weighted by Crippen LogP contribution is -2.48. The molecule has 1 saturated heterocycles. The Kier molecular flexibility index (Phi) is 8.83. The summed E-state index contributed by atoms with van der Waals surface area (Å²) in [5.74, 6) is 1.45. The van der Waals surface area contributed by atoms with E-state index < -0.39 is 23.5 Å². The first kappa shape index (κ1) is 31.7. The molecule has 0 spiro atoms. The summed E-state index contributed by atoms with van der Waals surface area (Å²) >= 11 is 0. The first-order valence-electron chi connectivity index (χ1n) is 17.0. The second-order valence-electron chi connectivity index (χ2n) is 14.9. The number of amides is 1. The summed E-state index contributed by atoms with van der Waals surface area (Å²) in [6.45, 7) is 9.77. The number of fused-ring (bicyclic) bond motifs is 7. The van der Waals surface area contributed by atoms with Crippen LogP contribution in [0.1, 0.15) is 91.7 Å². The fourth-order valence-corrected chi connectivity index (χ4v) is 8.37. The van der Waals surface area contributed by atoms with Crippen LogP contribution in [0.15, 0.2) is 18.2 Å². The molecule has 3 heterocycles. The highest BCUT2D eigenvalue weighted by atomic mass is 16.5. The summed E-state index contributed by atoms with van der Waals surface area (Å²) in [7, 11) is 1.62. The van der Waals surface area contributed by atoms with Crippen LogP contribution < -0.4 is 9.47 Å². The normalized spacial score (nSPS) is 32.4. The van der Waals surface area contributed by atoms with Crippen LogP contribution in [-0.4, -0.2) is 64.4 Å². The molecule has 45 heavy (non-hydrogen) atoms. The number of aryl methyl sites for hydroxylation is 1. The van der Waals surface area contributed by atoms with Crippen LogP contribution in [0.25, 0.3) is 11.0 Å². The van der Waals surface area contributed by atoms with Gasteiger partial charge in [0.15, 0.2) is 5.78 Å². The molecule has 4 aliphatic rings. The largest absolute Gasteiger partial charge is 0.497 e. The van der Waals surface area contributed by atoms with Gasteiger partial charge in [-0.3, -0.25) is 14.4 Å². The minimum absolute atomic E-state index is 0.00641. The van der Waals surface area contributed by atoms with E-state index in [0.29, 0.717) is 47.7 Å². The first-order valence-corrected chi connectivity index (χ1v) is 17.0. The van der Waals surface area contributed by atoms with Crippen LogP contribution in [0.5, 0.6) is 11.6 Å². The van der Waals surface area contributed by atoms with Gasteiger partial charge in [-0.05, 0) is 80.8 Å². The molecule has 1 aromatic carbocycles. The fraction of sp³-hybridized carbons (Fsp3) is 0.694. The molecular weight excluding hydrogens is 570 g/mol. The molecule has 9 heteroatoms. The van der Waals surface area contributed by atoms with Gasteiger partial charge < -0.3 is 19.1 Å². The Bertz CT molecular complexity index is 1450. The number of nitrogens with zero attached hydrogens (tertiary/aromatic N) is 3. The average Bonchev–Trinajstić information content (AvgIpc) is 3.52. The number of carbonyl (C=O) groups is 3. The van der Waals surface area contributed by atoms with Crippen LogP contribution in [0, 0.1) is 35.0 Å². The number of hydrogen-bond acceptors (Lipinski definition) is 8. The Hall–Kier alpha value is -3.23. The predicted molar refractivity (Wildman–Crippen MR) is 170 cm³/mol. The van der Waals surface area contributed by atoms with Gasteiger partial charge in [0.25, 0.3) is 0 Å². The summed E-state index contributed by atoms with van der Waals surface area (Å²) in [6, 6.07) is 5.02. The van der Waals surface area contributed by atoms with Gasteiger partial charge >= 0.3 is 5.97 Å². The molecule has 1 aromatic heterocycles. The maximum atomic E-state index is 14.4. The molecule has 1 amide bonds. The van der Waals surface area contributed by atoms with E-state index in [2.05, 4.69) is 0 Å². The molecular formula is C36H49N3O6. The Labute approximate surface area is 266 Å². The van der Waals surface area contributed by atoms with Gasteiger partial charge in [0.1, 0.15) is 23.7 Å². The number of ether oxygens (including phenoxy) is 3. The molecule has 0 N–H and O–H groups in total. The molecule has 8 atom stereocenters. The van der Waals surface area contributed by atoms with Gasteiger partial charge in [-0.1, -0.05) is 40.5 Å². The Morgan fingerprint density at radius 3 is 2.53 bits per heavy atom. The zero-order valence-corrected chi connectivity index (χ0v) is 27.7. The molecule has 9 nitrogen and oxygen atoms in total. The molecule has 2 bridgehead atoms. The van der Waals surface area contributed by atoms with Gasteiger partial charge in [-0.2, -0.15) is 0 Å². The molecule has 2 unspecified atom stereocenters. The van der Waals surface area contributed by atoms with Crippen LogP contribution in [0.4, 0.5) is 0 Å². The smallest absolute Gasteiger partial charge is 0.306 e. The molecule has 3 fully saturated rings. The van der Waals surface area contributed by atoms with E-state index in [0.717, 1.165) is 43.3 Å². The third-order valence-electron chi connectivity index (χ3n) is 10.9. The minimum Gasteiger partial charge on any atom is -0.497 e. The third kappa shape index (κ3) is 6.41. The van der Waals surface area contributed by atoms with Crippen molar-refractivity contribution in [2.75, 3.05) is 13.7 Å². The first-order chi connectivity index (χ1) is 21.5. The predicted octanol–water partition coefficient (Wildman–Crippen LogP) is 5.95. The maximum absolute atomic E-state index is 14.4. The Morgan fingerprint density at radius 2 is 1.82 bits per heavy atom. The van der Waals surface area contributed by atoms with Crippen molar-refractivity contribution < 1.29 is 28.6 Å². The number of hydrogen-bond donors (Lipinski definition) is 0. The second kappa shape index (κ2) is 12.5. The molecule has 2 aliphatic carbocycles. The van der Waals surface area contributed by atoms with E-state index in [4.69, 9.17) is 24.2 Å². The number of esters is 1. The van der Waals surface area contributed by atoms with E-state index in [9.17, 15) is 14.4 Å². The van der Waals surface area contributed by atoms with Gasteiger partial charge in [0.2, 0.25) is 11.8 Å². The van der Waals surface area contributed by atoms with Crippen molar-refractivity contribution in [3.05, 3.63) is 23.9 Å². The average molecular weight is 620 g/mol. The number of Topliss-reactive ketones (excluding diaryl/α,β-unsaturated/α-hetero) is 1. The number of aromatic nitrogens is 2. The van der Waals surface area contributed by atoms with Crippen molar-refractivity contribution in [2.45, 2.75) is 111 Å². The van der Waals surface area contributed by atoms with Gasteiger partial charge in [0, 0.05) is 12.0 Å². The van der Waals surface area contributed by atoms with Crippen molar-refractivity contribution >= 4 is 28.7 Å². The standard InChI is InChI=1S/C36H49N3O6/c1-7-23-31-19-39(33(23)20(2)40)35(42)26(36(3,4)5)18-32(41)44-30-16-21-15-25(21)24(30)11-9-8-10-12-28-34(45-31)38-29-17-22(43-6)13-14-27(29)37-28/h13-14,17,21,23-26,30-31,33H,7-12,15-16,18-19H2,1-6H3/t21?,23-,24-,25?,26-,30-,31+,33-/m1/s1. The van der Waals surface area contributed by atoms with Crippen LogP contribution in [0.2, 0.25) is 0 Å². The lowest BCUT2D eigenvalue weighted by molar-refractivity contribution is -0.158. The van der Waals surface area contributed by atoms with Crippen LogP contribution in [0.3, 0.4) is 0 Å². The van der Waals surface area contributed by atoms with Crippen molar-refractivity contribution in [1.29, 1.82) is 0 Å².